The molecular weight excluding hydrogens is 700 g/mol. The molecule has 3 atom stereocenters. The summed E-state index contributed by atoms with van der Waals surface area (Å²) >= 11 is 1.72. The number of rotatable bonds is 9. The Bertz CT molecular complexity index is 2060. The number of carbonyl (C=O) groups excluding carboxylic acids is 4. The molecule has 2 aliphatic heterocycles. The lowest BCUT2D eigenvalue weighted by molar-refractivity contribution is -0.137. The summed E-state index contributed by atoms with van der Waals surface area (Å²) in [6.07, 6.45) is -4.74. The highest BCUT2D eigenvalue weighted by atomic mass is 32.2. The number of esters is 1. The molecule has 2 unspecified atom stereocenters. The molecule has 0 bridgehead atoms. The Hall–Kier alpha value is -5.09. The Labute approximate surface area is 290 Å². The zero-order valence-electron chi connectivity index (χ0n) is 26.6. The second-order valence-electron chi connectivity index (χ2n) is 11.2. The maximum absolute atomic E-state index is 14.2. The van der Waals surface area contributed by atoms with Crippen LogP contribution in [0.25, 0.3) is 0 Å². The van der Waals surface area contributed by atoms with Gasteiger partial charge in [0.25, 0.3) is 0 Å². The zero-order chi connectivity index (χ0) is 35.9. The summed E-state index contributed by atoms with van der Waals surface area (Å²) in [5, 5.41) is 1.44. The zero-order valence-corrected chi connectivity index (χ0v) is 28.2. The van der Waals surface area contributed by atoms with Crippen molar-refractivity contribution in [1.82, 2.24) is 4.57 Å². The van der Waals surface area contributed by atoms with Crippen LogP contribution in [0, 0.1) is 5.92 Å². The number of methoxy groups -OCH3 is 2. The van der Waals surface area contributed by atoms with E-state index >= 15 is 0 Å². The van der Waals surface area contributed by atoms with Gasteiger partial charge >= 0.3 is 17.0 Å². The molecule has 3 amide bonds. The summed E-state index contributed by atoms with van der Waals surface area (Å²) < 4.78 is 57.8. The molecule has 2 aliphatic rings. The fraction of sp³-hybridized carbons (Fsp3) is 0.265. The molecule has 1 aromatic heterocycles. The van der Waals surface area contributed by atoms with E-state index in [1.807, 2.05) is 0 Å². The minimum atomic E-state index is -4.74. The third-order valence-electron chi connectivity index (χ3n) is 8.26. The normalized spacial score (nSPS) is 18.4. The summed E-state index contributed by atoms with van der Waals surface area (Å²) in [4.78, 5) is 68.0. The van der Waals surface area contributed by atoms with Crippen molar-refractivity contribution in [3.05, 3.63) is 98.0 Å². The van der Waals surface area contributed by atoms with Crippen LogP contribution in [0.3, 0.4) is 0 Å². The molecule has 0 aliphatic carbocycles. The predicted molar refractivity (Wildman–Crippen MR) is 178 cm³/mol. The van der Waals surface area contributed by atoms with E-state index < -0.39 is 69.6 Å². The molecule has 16 heteroatoms. The van der Waals surface area contributed by atoms with Gasteiger partial charge in [0.15, 0.2) is 11.5 Å². The van der Waals surface area contributed by atoms with Gasteiger partial charge in [-0.1, -0.05) is 41.3 Å². The number of thioether (sulfide) groups is 1. The Morgan fingerprint density at radius 2 is 1.62 bits per heavy atom. The number of amides is 3. The highest BCUT2D eigenvalue weighted by Crippen LogP contribution is 2.54. The van der Waals surface area contributed by atoms with E-state index in [4.69, 9.17) is 14.2 Å². The molecule has 1 N–H and O–H groups in total. The number of nitrogens with one attached hydrogen (secondary N) is 1. The molecule has 260 valence electrons. The fourth-order valence-corrected chi connectivity index (χ4v) is 8.82. The number of thiazole rings is 1. The number of ether oxygens (including phenoxy) is 3. The standard InChI is InChI=1S/C34H28F3N3O8S2/c1-4-48-32(44)17-9-12-19(13-10-17)40-29(42)26-25(18-11-14-22(46-2)23(15-18)47-3)28-31(49-27(26)30(40)43)39(33(45)50-28)16-24(41)38-21-8-6-5-7-20(21)34(35,36)37/h5-15,25-27H,4,16H2,1-3H3,(H,38,41)/t25-,26?,27?/m1/s1. The molecule has 3 aromatic carbocycles. The van der Waals surface area contributed by atoms with E-state index in [0.29, 0.717) is 21.9 Å². The Balaban J connectivity index is 1.40. The van der Waals surface area contributed by atoms with Crippen molar-refractivity contribution in [3.63, 3.8) is 0 Å². The van der Waals surface area contributed by atoms with Crippen LogP contribution in [0.15, 0.2) is 76.6 Å². The van der Waals surface area contributed by atoms with Crippen LogP contribution in [0.4, 0.5) is 24.5 Å². The second-order valence-corrected chi connectivity index (χ2v) is 13.3. The topological polar surface area (TPSA) is 133 Å². The molecule has 50 heavy (non-hydrogen) atoms. The molecule has 4 aromatic rings. The van der Waals surface area contributed by atoms with E-state index in [0.717, 1.165) is 44.7 Å². The number of anilines is 2. The number of aromatic nitrogens is 1. The summed E-state index contributed by atoms with van der Waals surface area (Å²) in [7, 11) is 2.89. The van der Waals surface area contributed by atoms with Gasteiger partial charge in [-0.05, 0) is 61.0 Å². The summed E-state index contributed by atoms with van der Waals surface area (Å²) in [5.74, 6) is -3.72. The van der Waals surface area contributed by atoms with Gasteiger partial charge in [0.1, 0.15) is 11.8 Å². The Morgan fingerprint density at radius 3 is 2.28 bits per heavy atom. The van der Waals surface area contributed by atoms with E-state index in [2.05, 4.69) is 5.32 Å². The molecule has 0 saturated carbocycles. The molecule has 1 fully saturated rings. The lowest BCUT2D eigenvalue weighted by Gasteiger charge is -2.31. The lowest BCUT2D eigenvalue weighted by atomic mass is 9.83. The average Bonchev–Trinajstić information content (AvgIpc) is 3.53. The minimum absolute atomic E-state index is 0.166. The van der Waals surface area contributed by atoms with Crippen molar-refractivity contribution < 1.29 is 46.6 Å². The minimum Gasteiger partial charge on any atom is -0.493 e. The number of hydrogen-bond acceptors (Lipinski definition) is 10. The van der Waals surface area contributed by atoms with Crippen LogP contribution in [-0.4, -0.2) is 54.3 Å². The van der Waals surface area contributed by atoms with Crippen LogP contribution in [-0.2, 0) is 31.8 Å². The van der Waals surface area contributed by atoms with E-state index in [1.54, 1.807) is 25.1 Å². The summed E-state index contributed by atoms with van der Waals surface area (Å²) in [6, 6.07) is 15.2. The van der Waals surface area contributed by atoms with Crippen molar-refractivity contribution >= 4 is 58.2 Å². The van der Waals surface area contributed by atoms with Gasteiger partial charge in [0, 0.05) is 10.8 Å². The number of imide groups is 1. The number of benzene rings is 3. The third-order valence-corrected chi connectivity index (χ3v) is 10.9. The number of para-hydroxylation sites is 1. The SMILES string of the molecule is CCOC(=O)c1ccc(N2C(=O)C3Sc4c(sc(=O)n4CC(=O)Nc4ccccc4C(F)(F)F)[C@H](c4ccc(OC)c(OC)c4)C3C2=O)cc1. The second kappa shape index (κ2) is 13.7. The lowest BCUT2D eigenvalue weighted by Crippen LogP contribution is -2.33. The molecular formula is C34H28F3N3O8S2. The molecule has 6 rings (SSSR count). The molecule has 1 saturated heterocycles. The first-order chi connectivity index (χ1) is 23.9. The number of fused-ring (bicyclic) bond motifs is 2. The number of hydrogen-bond donors (Lipinski definition) is 1. The fourth-order valence-electron chi connectivity index (χ4n) is 6.05. The number of halogens is 3. The number of nitrogens with zero attached hydrogens (tertiary/aromatic N) is 2. The molecule has 3 heterocycles. The molecule has 0 radical (unpaired) electrons. The van der Waals surface area contributed by atoms with Crippen LogP contribution in [0.2, 0.25) is 0 Å². The van der Waals surface area contributed by atoms with Crippen LogP contribution >= 0.6 is 23.1 Å². The van der Waals surface area contributed by atoms with Gasteiger partial charge in [0.2, 0.25) is 17.7 Å². The Morgan fingerprint density at radius 1 is 0.920 bits per heavy atom. The maximum Gasteiger partial charge on any atom is 0.418 e. The van der Waals surface area contributed by atoms with Crippen molar-refractivity contribution in [2.24, 2.45) is 5.92 Å². The van der Waals surface area contributed by atoms with Crippen molar-refractivity contribution in [2.75, 3.05) is 31.0 Å². The monoisotopic (exact) mass is 727 g/mol. The first-order valence-corrected chi connectivity index (χ1v) is 16.8. The molecule has 11 nitrogen and oxygen atoms in total. The van der Waals surface area contributed by atoms with Gasteiger partial charge in [-0.15, -0.1) is 0 Å². The van der Waals surface area contributed by atoms with Crippen LogP contribution in [0.5, 0.6) is 11.5 Å². The Kier molecular flexibility index (Phi) is 9.50. The van der Waals surface area contributed by atoms with Gasteiger partial charge < -0.3 is 19.5 Å². The van der Waals surface area contributed by atoms with E-state index in [-0.39, 0.29) is 22.9 Å². The number of carbonyl (C=O) groups is 4. The van der Waals surface area contributed by atoms with Crippen molar-refractivity contribution in [1.29, 1.82) is 0 Å². The highest BCUT2D eigenvalue weighted by molar-refractivity contribution is 8.00. The first-order valence-electron chi connectivity index (χ1n) is 15.1. The third kappa shape index (κ3) is 6.24. The van der Waals surface area contributed by atoms with Crippen molar-refractivity contribution in [2.45, 2.75) is 35.8 Å². The van der Waals surface area contributed by atoms with Gasteiger partial charge in [0.05, 0.1) is 54.3 Å². The number of alkyl halides is 3. The maximum atomic E-state index is 14.2. The van der Waals surface area contributed by atoms with Gasteiger partial charge in [-0.3, -0.25) is 23.7 Å². The van der Waals surface area contributed by atoms with Crippen LogP contribution < -0.4 is 24.6 Å². The first kappa shape index (κ1) is 34.8. The average molecular weight is 728 g/mol. The van der Waals surface area contributed by atoms with E-state index in [1.165, 1.54) is 50.6 Å². The van der Waals surface area contributed by atoms with Crippen LogP contribution in [0.1, 0.15) is 39.2 Å². The highest BCUT2D eigenvalue weighted by Gasteiger charge is 2.57. The molecule has 0 spiro atoms. The quantitative estimate of drug-likeness (QED) is 0.174. The summed E-state index contributed by atoms with van der Waals surface area (Å²) in [6.45, 7) is 1.18. The van der Waals surface area contributed by atoms with Gasteiger partial charge in [-0.2, -0.15) is 13.2 Å². The van der Waals surface area contributed by atoms with Gasteiger partial charge in [-0.25, -0.2) is 9.69 Å². The van der Waals surface area contributed by atoms with Crippen molar-refractivity contribution in [3.8, 4) is 11.5 Å². The predicted octanol–water partition coefficient (Wildman–Crippen LogP) is 5.56. The largest absolute Gasteiger partial charge is 0.493 e. The smallest absolute Gasteiger partial charge is 0.418 e. The van der Waals surface area contributed by atoms with E-state index in [9.17, 15) is 37.1 Å². The summed E-state index contributed by atoms with van der Waals surface area (Å²) in [5.41, 5.74) is -0.551.